The molecule has 0 saturated carbocycles. The van der Waals surface area contributed by atoms with Gasteiger partial charge in [-0.25, -0.2) is 0 Å². The van der Waals surface area contributed by atoms with Gasteiger partial charge in [0, 0.05) is 58.2 Å². The average Bonchev–Trinajstić information content (AvgIpc) is 2.89. The Kier molecular flexibility index (Phi) is 7.70. The Bertz CT molecular complexity index is 1060. The van der Waals surface area contributed by atoms with Crippen molar-refractivity contribution in [2.45, 2.75) is 6.04 Å². The minimum absolute atomic E-state index is 0.0905. The number of rotatable bonds is 8. The van der Waals surface area contributed by atoms with Crippen molar-refractivity contribution in [2.75, 3.05) is 63.7 Å². The van der Waals surface area contributed by atoms with Gasteiger partial charge >= 0.3 is 0 Å². The van der Waals surface area contributed by atoms with Crippen LogP contribution in [0.1, 0.15) is 22.0 Å². The van der Waals surface area contributed by atoms with Gasteiger partial charge in [0.1, 0.15) is 5.75 Å². The van der Waals surface area contributed by atoms with Gasteiger partial charge < -0.3 is 19.9 Å². The molecule has 178 valence electrons. The lowest BCUT2D eigenvalue weighted by Gasteiger charge is -2.40. The first-order valence-corrected chi connectivity index (χ1v) is 11.8. The Balaban J connectivity index is 1.50. The number of nitrogens with zero attached hydrogens (tertiary/aromatic N) is 3. The van der Waals surface area contributed by atoms with Crippen molar-refractivity contribution >= 4 is 17.3 Å². The Labute approximate surface area is 202 Å². The molecular weight excluding hydrogens is 424 g/mol. The number of ether oxygens (including phenoxy) is 1. The fourth-order valence-corrected chi connectivity index (χ4v) is 4.50. The highest BCUT2D eigenvalue weighted by atomic mass is 16.5. The molecular formula is C28H34N4O2. The first kappa shape index (κ1) is 23.6. The highest BCUT2D eigenvalue weighted by Gasteiger charge is 2.26. The summed E-state index contributed by atoms with van der Waals surface area (Å²) in [7, 11) is 5.68. The topological polar surface area (TPSA) is 48.1 Å². The molecule has 3 aromatic carbocycles. The minimum atomic E-state index is -0.115. The minimum Gasteiger partial charge on any atom is -0.496 e. The van der Waals surface area contributed by atoms with Crippen LogP contribution in [0, 0.1) is 0 Å². The number of piperazine rings is 1. The van der Waals surface area contributed by atoms with E-state index in [2.05, 4.69) is 74.6 Å². The Hall–Kier alpha value is -3.51. The summed E-state index contributed by atoms with van der Waals surface area (Å²) in [6.45, 7) is 4.30. The Morgan fingerprint density at radius 1 is 0.912 bits per heavy atom. The van der Waals surface area contributed by atoms with Crippen LogP contribution in [0.3, 0.4) is 0 Å². The number of anilines is 2. The molecule has 1 N–H and O–H groups in total. The van der Waals surface area contributed by atoms with Gasteiger partial charge in [-0.05, 0) is 42.0 Å². The number of hydrogen-bond donors (Lipinski definition) is 1. The van der Waals surface area contributed by atoms with E-state index in [0.717, 1.165) is 31.9 Å². The third-order valence-electron chi connectivity index (χ3n) is 6.48. The molecule has 0 aromatic heterocycles. The zero-order valence-corrected chi connectivity index (χ0v) is 20.3. The van der Waals surface area contributed by atoms with E-state index in [1.807, 2.05) is 32.3 Å². The van der Waals surface area contributed by atoms with E-state index in [9.17, 15) is 4.79 Å². The van der Waals surface area contributed by atoms with Gasteiger partial charge in [-0.2, -0.15) is 0 Å². The van der Waals surface area contributed by atoms with Crippen LogP contribution < -0.4 is 19.9 Å². The number of nitrogens with one attached hydrogen (secondary N) is 1. The molecule has 4 rings (SSSR count). The number of methoxy groups -OCH3 is 1. The molecule has 0 bridgehead atoms. The van der Waals surface area contributed by atoms with Crippen molar-refractivity contribution in [3.8, 4) is 5.75 Å². The molecule has 34 heavy (non-hydrogen) atoms. The lowest BCUT2D eigenvalue weighted by molar-refractivity contribution is 0.0927. The van der Waals surface area contributed by atoms with E-state index in [1.54, 1.807) is 13.2 Å². The number of carbonyl (C=O) groups is 1. The average molecular weight is 459 g/mol. The van der Waals surface area contributed by atoms with Gasteiger partial charge in [-0.15, -0.1) is 0 Å². The summed E-state index contributed by atoms with van der Waals surface area (Å²) in [5, 5.41) is 3.17. The Morgan fingerprint density at radius 3 is 2.21 bits per heavy atom. The van der Waals surface area contributed by atoms with Crippen LogP contribution >= 0.6 is 0 Å². The van der Waals surface area contributed by atoms with Crippen molar-refractivity contribution in [1.82, 2.24) is 10.2 Å². The number of amides is 1. The summed E-state index contributed by atoms with van der Waals surface area (Å²) < 4.78 is 5.38. The van der Waals surface area contributed by atoms with Crippen LogP contribution in [-0.4, -0.2) is 64.7 Å². The predicted octanol–water partition coefficient (Wildman–Crippen LogP) is 4.05. The molecule has 6 nitrogen and oxygen atoms in total. The summed E-state index contributed by atoms with van der Waals surface area (Å²) in [6, 6.07) is 26.6. The molecule has 1 aliphatic heterocycles. The second-order valence-corrected chi connectivity index (χ2v) is 8.77. The number of hydrogen-bond acceptors (Lipinski definition) is 5. The monoisotopic (exact) mass is 458 g/mol. The first-order valence-electron chi connectivity index (χ1n) is 11.8. The molecule has 0 spiro atoms. The molecule has 0 unspecified atom stereocenters. The van der Waals surface area contributed by atoms with Crippen LogP contribution in [0.5, 0.6) is 5.75 Å². The third-order valence-corrected chi connectivity index (χ3v) is 6.48. The molecule has 0 aliphatic carbocycles. The highest BCUT2D eigenvalue weighted by Crippen LogP contribution is 2.26. The smallest absolute Gasteiger partial charge is 0.255 e. The van der Waals surface area contributed by atoms with E-state index in [-0.39, 0.29) is 11.9 Å². The van der Waals surface area contributed by atoms with Gasteiger partial charge in [-0.1, -0.05) is 42.5 Å². The lowest BCUT2D eigenvalue weighted by Crippen LogP contribution is -2.50. The molecule has 1 heterocycles. The summed E-state index contributed by atoms with van der Waals surface area (Å²) in [5.41, 5.74) is 4.19. The maximum atomic E-state index is 13.0. The number of carbonyl (C=O) groups excluding carboxylic acids is 1. The van der Waals surface area contributed by atoms with Gasteiger partial charge in [0.15, 0.2) is 0 Å². The fourth-order valence-electron chi connectivity index (χ4n) is 4.50. The SMILES string of the molecule is COc1ccccc1C(=O)NC[C@@H](c1ccc(N(C)C)cc1)N1CCN(c2ccccc2)CC1. The first-order chi connectivity index (χ1) is 16.6. The summed E-state index contributed by atoms with van der Waals surface area (Å²) in [4.78, 5) is 20.0. The zero-order chi connectivity index (χ0) is 23.9. The van der Waals surface area contributed by atoms with Gasteiger partial charge in [0.2, 0.25) is 0 Å². The van der Waals surface area contributed by atoms with E-state index in [1.165, 1.54) is 11.3 Å². The molecule has 1 aliphatic rings. The third kappa shape index (κ3) is 5.51. The number of benzene rings is 3. The van der Waals surface area contributed by atoms with Crippen LogP contribution in [0.15, 0.2) is 78.9 Å². The van der Waals surface area contributed by atoms with E-state index >= 15 is 0 Å². The molecule has 1 amide bonds. The van der Waals surface area contributed by atoms with Crippen molar-refractivity contribution < 1.29 is 9.53 Å². The fraction of sp³-hybridized carbons (Fsp3) is 0.321. The lowest BCUT2D eigenvalue weighted by atomic mass is 10.0. The highest BCUT2D eigenvalue weighted by molar-refractivity contribution is 5.96. The van der Waals surface area contributed by atoms with Crippen molar-refractivity contribution in [3.63, 3.8) is 0 Å². The second-order valence-electron chi connectivity index (χ2n) is 8.77. The molecule has 3 aromatic rings. The van der Waals surface area contributed by atoms with E-state index in [0.29, 0.717) is 17.9 Å². The van der Waals surface area contributed by atoms with Gasteiger partial charge in [0.25, 0.3) is 5.91 Å². The van der Waals surface area contributed by atoms with Crippen LogP contribution in [0.2, 0.25) is 0 Å². The standard InChI is InChI=1S/C28H34N4O2/c1-30(2)23-15-13-22(14-16-23)26(21-29-28(33)25-11-7-8-12-27(25)34-3)32-19-17-31(18-20-32)24-9-5-4-6-10-24/h4-16,26H,17-21H2,1-3H3,(H,29,33)/t26-/m0/s1. The Morgan fingerprint density at radius 2 is 1.56 bits per heavy atom. The van der Waals surface area contributed by atoms with Crippen LogP contribution in [-0.2, 0) is 0 Å². The predicted molar refractivity (Wildman–Crippen MR) is 139 cm³/mol. The summed E-state index contributed by atoms with van der Waals surface area (Å²) in [5.74, 6) is 0.471. The molecule has 0 radical (unpaired) electrons. The second kappa shape index (κ2) is 11.1. The van der Waals surface area contributed by atoms with Crippen molar-refractivity contribution in [3.05, 3.63) is 90.0 Å². The van der Waals surface area contributed by atoms with Crippen LogP contribution in [0.4, 0.5) is 11.4 Å². The largest absolute Gasteiger partial charge is 0.496 e. The maximum absolute atomic E-state index is 13.0. The maximum Gasteiger partial charge on any atom is 0.255 e. The molecule has 1 saturated heterocycles. The van der Waals surface area contributed by atoms with Gasteiger partial charge in [-0.3, -0.25) is 9.69 Å². The molecule has 1 atom stereocenters. The van der Waals surface area contributed by atoms with E-state index < -0.39 is 0 Å². The van der Waals surface area contributed by atoms with Crippen molar-refractivity contribution in [1.29, 1.82) is 0 Å². The number of para-hydroxylation sites is 2. The summed E-state index contributed by atoms with van der Waals surface area (Å²) in [6.07, 6.45) is 0. The zero-order valence-electron chi connectivity index (χ0n) is 20.3. The van der Waals surface area contributed by atoms with Crippen LogP contribution in [0.25, 0.3) is 0 Å². The normalized spacial score (nSPS) is 15.0. The quantitative estimate of drug-likeness (QED) is 0.552. The van der Waals surface area contributed by atoms with Gasteiger partial charge in [0.05, 0.1) is 18.7 Å². The van der Waals surface area contributed by atoms with Crippen molar-refractivity contribution in [2.24, 2.45) is 0 Å². The molecule has 6 heteroatoms. The van der Waals surface area contributed by atoms with E-state index in [4.69, 9.17) is 4.74 Å². The molecule has 1 fully saturated rings. The summed E-state index contributed by atoms with van der Waals surface area (Å²) >= 11 is 0.